The summed E-state index contributed by atoms with van der Waals surface area (Å²) in [5.41, 5.74) is -15.2. The average Bonchev–Trinajstić information content (AvgIpc) is 2.37. The van der Waals surface area contributed by atoms with Crippen LogP contribution in [0.25, 0.3) is 0 Å². The van der Waals surface area contributed by atoms with Gasteiger partial charge in [0.15, 0.2) is 21.8 Å². The molecule has 0 aromatic heterocycles. The molecule has 0 amide bonds. The molecule has 0 radical (unpaired) electrons. The summed E-state index contributed by atoms with van der Waals surface area (Å²) < 4.78 is 148. The Kier molecular flexibility index (Phi) is 6.32. The van der Waals surface area contributed by atoms with Crippen molar-refractivity contribution < 1.29 is 52.7 Å². The van der Waals surface area contributed by atoms with Crippen LogP contribution in [0.2, 0.25) is 0 Å². The third-order valence-electron chi connectivity index (χ3n) is 1.98. The largest absolute Gasteiger partial charge is 0.340 e. The van der Waals surface area contributed by atoms with Crippen molar-refractivity contribution in [3.63, 3.8) is 0 Å². The molecule has 0 heterocycles. The minimum atomic E-state index is -7.61. The van der Waals surface area contributed by atoms with Crippen LogP contribution >= 0.6 is 0 Å². The van der Waals surface area contributed by atoms with Crippen LogP contribution in [0, 0.1) is 0 Å². The van der Waals surface area contributed by atoms with Gasteiger partial charge in [0.2, 0.25) is 0 Å². The van der Waals surface area contributed by atoms with Gasteiger partial charge in [-0.25, -0.2) is 17.6 Å². The SMILES string of the molecule is FC(F)=C(F)[Si](C(F)=C(F)F)(C(F)=C(F)F)C(F)=C(F)F. The molecule has 0 aliphatic heterocycles. The van der Waals surface area contributed by atoms with E-state index < -0.39 is 54.2 Å². The lowest BCUT2D eigenvalue weighted by Crippen LogP contribution is -2.42. The lowest BCUT2D eigenvalue weighted by Gasteiger charge is -2.22. The zero-order valence-corrected chi connectivity index (χ0v) is 10.0. The van der Waals surface area contributed by atoms with Gasteiger partial charge in [-0.2, -0.15) is 35.1 Å². The highest BCUT2D eigenvalue weighted by Crippen LogP contribution is 2.46. The van der Waals surface area contributed by atoms with Gasteiger partial charge in [-0.15, -0.1) is 0 Å². The molecule has 0 aromatic carbocycles. The summed E-state index contributed by atoms with van der Waals surface area (Å²) in [5, 5.41) is 0. The molecule has 0 rings (SSSR count). The van der Waals surface area contributed by atoms with Crippen molar-refractivity contribution in [1.82, 2.24) is 0 Å². The molecule has 120 valence electrons. The van der Waals surface area contributed by atoms with Gasteiger partial charge < -0.3 is 0 Å². The Morgan fingerprint density at radius 1 is 0.333 bits per heavy atom. The number of halogens is 12. The summed E-state index contributed by atoms with van der Waals surface area (Å²) in [6, 6.07) is 0. The molecular weight excluding hydrogens is 352 g/mol. The molecule has 0 bridgehead atoms. The lowest BCUT2D eigenvalue weighted by atomic mass is 11.0. The van der Waals surface area contributed by atoms with Gasteiger partial charge in [-0.1, -0.05) is 0 Å². The number of hydrogen-bond donors (Lipinski definition) is 0. The van der Waals surface area contributed by atoms with E-state index in [1.165, 1.54) is 0 Å². The molecule has 21 heavy (non-hydrogen) atoms. The highest BCUT2D eigenvalue weighted by molar-refractivity contribution is 7.02. The Morgan fingerprint density at radius 3 is 0.571 bits per heavy atom. The van der Waals surface area contributed by atoms with Crippen LogP contribution in [-0.2, 0) is 0 Å². The van der Waals surface area contributed by atoms with Crippen molar-refractivity contribution in [1.29, 1.82) is 0 Å². The van der Waals surface area contributed by atoms with Crippen molar-refractivity contribution in [3.05, 3.63) is 46.1 Å². The van der Waals surface area contributed by atoms with Gasteiger partial charge >= 0.3 is 8.07 Å². The van der Waals surface area contributed by atoms with Crippen molar-refractivity contribution >= 4 is 8.07 Å². The standard InChI is InChI=1S/C8F12Si/c9-1(10)5(17)21(6(18)2(11)12,7(19)3(13)14)8(20)4(15)16. The van der Waals surface area contributed by atoms with E-state index in [-0.39, 0.29) is 0 Å². The summed E-state index contributed by atoms with van der Waals surface area (Å²) in [5.74, 6) is 0. The molecule has 0 aliphatic rings. The molecule has 0 aromatic rings. The molecule has 0 aliphatic carbocycles. The Bertz CT molecular complexity index is 438. The van der Waals surface area contributed by atoms with Crippen LogP contribution in [0.4, 0.5) is 52.7 Å². The highest BCUT2D eigenvalue weighted by Gasteiger charge is 2.61. The zero-order valence-electron chi connectivity index (χ0n) is 9.04. The maximum Gasteiger partial charge on any atom is 0.340 e. The fourth-order valence-corrected chi connectivity index (χ4v) is 3.44. The van der Waals surface area contributed by atoms with E-state index in [4.69, 9.17) is 0 Å². The van der Waals surface area contributed by atoms with E-state index in [1.807, 2.05) is 0 Å². The molecule has 0 atom stereocenters. The molecule has 13 heteroatoms. The topological polar surface area (TPSA) is 0 Å². The van der Waals surface area contributed by atoms with Crippen LogP contribution in [0.1, 0.15) is 0 Å². The molecule has 0 nitrogen and oxygen atoms in total. The first-order valence-corrected chi connectivity index (χ1v) is 6.27. The summed E-state index contributed by atoms with van der Waals surface area (Å²) in [4.78, 5) is 0. The Morgan fingerprint density at radius 2 is 0.476 bits per heavy atom. The second-order valence-corrected chi connectivity index (χ2v) is 6.30. The maximum atomic E-state index is 13.0. The molecular formula is C8F12Si. The molecule has 0 spiro atoms. The minimum absolute atomic E-state index is 3.79. The summed E-state index contributed by atoms with van der Waals surface area (Å²) >= 11 is 0. The van der Waals surface area contributed by atoms with Gasteiger partial charge in [0.05, 0.1) is 0 Å². The third-order valence-corrected chi connectivity index (χ3v) is 5.37. The van der Waals surface area contributed by atoms with Crippen molar-refractivity contribution in [2.24, 2.45) is 0 Å². The van der Waals surface area contributed by atoms with Gasteiger partial charge in [0, 0.05) is 0 Å². The van der Waals surface area contributed by atoms with E-state index >= 15 is 0 Å². The first-order valence-electron chi connectivity index (χ1n) is 4.27. The van der Waals surface area contributed by atoms with E-state index in [0.29, 0.717) is 0 Å². The smallest absolute Gasteiger partial charge is 0.210 e. The minimum Gasteiger partial charge on any atom is -0.210 e. The summed E-state index contributed by atoms with van der Waals surface area (Å²) in [7, 11) is -7.61. The average molecular weight is 352 g/mol. The first-order chi connectivity index (χ1) is 9.42. The Balaban J connectivity index is 7.21. The van der Waals surface area contributed by atoms with E-state index in [1.54, 1.807) is 0 Å². The van der Waals surface area contributed by atoms with E-state index in [9.17, 15) is 52.7 Å². The maximum absolute atomic E-state index is 13.0. The quantitative estimate of drug-likeness (QED) is 0.436. The zero-order chi connectivity index (χ0) is 17.1. The fourth-order valence-electron chi connectivity index (χ4n) is 1.15. The number of hydrogen-bond acceptors (Lipinski definition) is 0. The molecule has 0 saturated carbocycles. The predicted molar refractivity (Wildman–Crippen MR) is 47.2 cm³/mol. The van der Waals surface area contributed by atoms with Gasteiger partial charge in [0.25, 0.3) is 24.3 Å². The predicted octanol–water partition coefficient (Wildman–Crippen LogP) is 5.90. The summed E-state index contributed by atoms with van der Waals surface area (Å²) in [6.45, 7) is 0. The highest BCUT2D eigenvalue weighted by atomic mass is 28.3. The van der Waals surface area contributed by atoms with Crippen molar-refractivity contribution in [2.75, 3.05) is 0 Å². The van der Waals surface area contributed by atoms with Crippen molar-refractivity contribution in [3.8, 4) is 0 Å². The van der Waals surface area contributed by atoms with Gasteiger partial charge in [0.1, 0.15) is 0 Å². The van der Waals surface area contributed by atoms with E-state index in [2.05, 4.69) is 0 Å². The van der Waals surface area contributed by atoms with E-state index in [0.717, 1.165) is 0 Å². The molecule has 0 saturated heterocycles. The number of rotatable bonds is 4. The van der Waals surface area contributed by atoms with Crippen LogP contribution in [0.15, 0.2) is 46.1 Å². The second-order valence-electron chi connectivity index (χ2n) is 3.05. The molecule has 0 N–H and O–H groups in total. The normalized spacial score (nSPS) is 10.9. The first kappa shape index (κ1) is 19.3. The second kappa shape index (κ2) is 6.86. The van der Waals surface area contributed by atoms with Crippen LogP contribution in [0.5, 0.6) is 0 Å². The van der Waals surface area contributed by atoms with Gasteiger partial charge in [-0.3, -0.25) is 0 Å². The lowest BCUT2D eigenvalue weighted by molar-refractivity contribution is 0.364. The Labute approximate surface area is 108 Å². The monoisotopic (exact) mass is 352 g/mol. The van der Waals surface area contributed by atoms with Crippen LogP contribution in [0.3, 0.4) is 0 Å². The fraction of sp³-hybridized carbons (Fsp3) is 0. The Hall–Kier alpha value is -1.66. The molecule has 0 fully saturated rings. The van der Waals surface area contributed by atoms with Crippen molar-refractivity contribution in [2.45, 2.75) is 0 Å². The third kappa shape index (κ3) is 3.33. The van der Waals surface area contributed by atoms with Gasteiger partial charge in [-0.05, 0) is 0 Å². The molecule has 0 unspecified atom stereocenters. The van der Waals surface area contributed by atoms with Crippen LogP contribution in [-0.4, -0.2) is 8.07 Å². The van der Waals surface area contributed by atoms with Crippen LogP contribution < -0.4 is 0 Å². The summed E-state index contributed by atoms with van der Waals surface area (Å²) in [6.07, 6.45) is -15.6.